The smallest absolute Gasteiger partial charge is 0.308 e. The molecule has 6 unspecified atom stereocenters. The van der Waals surface area contributed by atoms with Gasteiger partial charge in [-0.1, -0.05) is 0 Å². The lowest BCUT2D eigenvalue weighted by Crippen LogP contribution is -2.54. The highest BCUT2D eigenvalue weighted by molar-refractivity contribution is 7.87. The lowest BCUT2D eigenvalue weighted by molar-refractivity contribution is -0.148. The molecule has 2 aliphatic rings. The highest BCUT2D eigenvalue weighted by Crippen LogP contribution is 2.49. The summed E-state index contributed by atoms with van der Waals surface area (Å²) in [6.45, 7) is 0.131. The maximum atomic E-state index is 11.9. The maximum absolute atomic E-state index is 11.9. The van der Waals surface area contributed by atoms with Crippen molar-refractivity contribution in [2.75, 3.05) is 13.7 Å². The maximum Gasteiger partial charge on any atom is 0.308 e. The van der Waals surface area contributed by atoms with Crippen LogP contribution in [0.5, 0.6) is 0 Å². The van der Waals surface area contributed by atoms with Crippen molar-refractivity contribution in [1.29, 1.82) is 0 Å². The van der Waals surface area contributed by atoms with Crippen molar-refractivity contribution < 1.29 is 45.0 Å². The number of hydrogen-bond donors (Lipinski definition) is 2. The summed E-state index contributed by atoms with van der Waals surface area (Å²) in [7, 11) is -8.14. The molecule has 2 N–H and O–H groups in total. The van der Waals surface area contributed by atoms with Crippen LogP contribution in [-0.2, 0) is 39.3 Å². The molecule has 12 heteroatoms. The van der Waals surface area contributed by atoms with Gasteiger partial charge in [0.25, 0.3) is 26.7 Å². The molecule has 150 valence electrons. The van der Waals surface area contributed by atoms with E-state index in [0.717, 1.165) is 7.11 Å². The van der Waals surface area contributed by atoms with Crippen molar-refractivity contribution in [2.24, 2.45) is 23.7 Å². The first-order valence-electron chi connectivity index (χ1n) is 8.04. The molecule has 2 saturated carbocycles. The molecule has 0 heterocycles. The van der Waals surface area contributed by atoms with Crippen molar-refractivity contribution in [3.63, 3.8) is 0 Å². The molecule has 0 aliphatic heterocycles. The van der Waals surface area contributed by atoms with E-state index in [0.29, 0.717) is 6.42 Å². The molecular weight excluding hydrogens is 392 g/mol. The Morgan fingerprint density at radius 3 is 2.12 bits per heavy atom. The number of fused-ring (bicyclic) bond motifs is 1. The van der Waals surface area contributed by atoms with E-state index in [4.69, 9.17) is 0 Å². The van der Waals surface area contributed by atoms with E-state index in [9.17, 15) is 35.5 Å². The van der Waals surface area contributed by atoms with Gasteiger partial charge in [0.2, 0.25) is 0 Å². The summed E-state index contributed by atoms with van der Waals surface area (Å²) in [5.74, 6) is -3.53. The van der Waals surface area contributed by atoms with Crippen LogP contribution in [0.3, 0.4) is 0 Å². The van der Waals surface area contributed by atoms with Gasteiger partial charge in [-0.05, 0) is 43.4 Å². The molecule has 2 aliphatic carbocycles. The molecule has 0 spiro atoms. The fourth-order valence-electron chi connectivity index (χ4n) is 4.48. The summed E-state index contributed by atoms with van der Waals surface area (Å²) in [5, 5.41) is -2.95. The van der Waals surface area contributed by atoms with Gasteiger partial charge < -0.3 is 9.47 Å². The molecule has 6 atom stereocenters. The van der Waals surface area contributed by atoms with Gasteiger partial charge in [-0.15, -0.1) is 0 Å². The Hall–Kier alpha value is -1.24. The predicted molar refractivity (Wildman–Crippen MR) is 87.1 cm³/mol. The Bertz CT molecular complexity index is 744. The normalized spacial score (nSPS) is 35.2. The van der Waals surface area contributed by atoms with Crippen LogP contribution in [0.1, 0.15) is 25.7 Å². The average molecular weight is 414 g/mol. The molecule has 0 radical (unpaired) electrons. The second-order valence-corrected chi connectivity index (χ2v) is 10.2. The predicted octanol–water partition coefficient (Wildman–Crippen LogP) is -0.102. The van der Waals surface area contributed by atoms with E-state index in [1.807, 2.05) is 0 Å². The standard InChI is InChI=1S/C14H22O10S2/c1-23-14(16)10-4-9-2-8(6-24-7-15)3-11(25(17,18)19)13(9)12(5-10)26(20,21)22/h7-13H,2-6H2,1H3,(H,17,18,19)(H,20,21,22). The van der Waals surface area contributed by atoms with E-state index in [-0.39, 0.29) is 32.3 Å². The largest absolute Gasteiger partial charge is 0.469 e. The summed E-state index contributed by atoms with van der Waals surface area (Å²) in [5.41, 5.74) is 0. The van der Waals surface area contributed by atoms with Gasteiger partial charge >= 0.3 is 5.97 Å². The number of ether oxygens (including phenoxy) is 2. The number of hydrogen-bond acceptors (Lipinski definition) is 8. The molecular formula is C14H22O10S2. The second kappa shape index (κ2) is 7.79. The van der Waals surface area contributed by atoms with Gasteiger partial charge in [-0.3, -0.25) is 18.7 Å². The number of rotatable bonds is 6. The third-order valence-corrected chi connectivity index (χ3v) is 7.95. The first kappa shape index (κ1) is 21.1. The Morgan fingerprint density at radius 2 is 1.62 bits per heavy atom. The number of carbonyl (C=O) groups is 2. The van der Waals surface area contributed by atoms with Gasteiger partial charge in [-0.2, -0.15) is 16.8 Å². The van der Waals surface area contributed by atoms with Crippen LogP contribution in [0.4, 0.5) is 0 Å². The molecule has 0 bridgehead atoms. The zero-order valence-corrected chi connectivity index (χ0v) is 15.7. The molecule has 2 rings (SSSR count). The molecule has 0 saturated heterocycles. The minimum atomic E-state index is -4.67. The molecule has 0 aromatic carbocycles. The average Bonchev–Trinajstić information content (AvgIpc) is 2.55. The summed E-state index contributed by atoms with van der Waals surface area (Å²) >= 11 is 0. The lowest BCUT2D eigenvalue weighted by Gasteiger charge is -2.47. The van der Waals surface area contributed by atoms with E-state index in [2.05, 4.69) is 9.47 Å². The highest BCUT2D eigenvalue weighted by Gasteiger charge is 2.55. The van der Waals surface area contributed by atoms with Crippen LogP contribution < -0.4 is 0 Å². The SMILES string of the molecule is COC(=O)C1CC2CC(COC=O)CC(S(=O)(=O)O)C2C(S(=O)(=O)O)C1. The fourth-order valence-corrected chi connectivity index (χ4v) is 7.19. The van der Waals surface area contributed by atoms with Crippen LogP contribution in [0, 0.1) is 23.7 Å². The Kier molecular flexibility index (Phi) is 6.31. The second-order valence-electron chi connectivity index (χ2n) is 6.90. The van der Waals surface area contributed by atoms with Gasteiger partial charge in [0.1, 0.15) is 0 Å². The van der Waals surface area contributed by atoms with Gasteiger partial charge in [-0.25, -0.2) is 0 Å². The Balaban J connectivity index is 2.43. The van der Waals surface area contributed by atoms with Crippen LogP contribution in [0.15, 0.2) is 0 Å². The van der Waals surface area contributed by atoms with Gasteiger partial charge in [0.15, 0.2) is 0 Å². The topological polar surface area (TPSA) is 161 Å². The summed E-state index contributed by atoms with van der Waals surface area (Å²) in [4.78, 5) is 22.3. The van der Waals surface area contributed by atoms with Crippen LogP contribution >= 0.6 is 0 Å². The number of carbonyl (C=O) groups excluding carboxylic acids is 2. The van der Waals surface area contributed by atoms with Crippen LogP contribution in [0.25, 0.3) is 0 Å². The van der Waals surface area contributed by atoms with E-state index in [1.165, 1.54) is 0 Å². The van der Waals surface area contributed by atoms with Gasteiger partial charge in [0.05, 0.1) is 30.1 Å². The van der Waals surface area contributed by atoms with E-state index >= 15 is 0 Å². The van der Waals surface area contributed by atoms with Crippen molar-refractivity contribution in [2.45, 2.75) is 36.2 Å². The molecule has 0 aromatic rings. The zero-order chi connectivity index (χ0) is 19.7. The molecule has 0 amide bonds. The summed E-state index contributed by atoms with van der Waals surface area (Å²) < 4.78 is 76.1. The quantitative estimate of drug-likeness (QED) is 0.341. The first-order valence-corrected chi connectivity index (χ1v) is 11.0. The lowest BCUT2D eigenvalue weighted by atomic mass is 9.64. The number of esters is 1. The van der Waals surface area contributed by atoms with Crippen LogP contribution in [0.2, 0.25) is 0 Å². The van der Waals surface area contributed by atoms with E-state index < -0.39 is 60.4 Å². The third kappa shape index (κ3) is 4.53. The number of methoxy groups -OCH3 is 1. The summed E-state index contributed by atoms with van der Waals surface area (Å²) in [6.07, 6.45) is 0.0635. The molecule has 0 aromatic heterocycles. The first-order chi connectivity index (χ1) is 12.0. The highest BCUT2D eigenvalue weighted by atomic mass is 32.2. The molecule has 2 fully saturated rings. The van der Waals surface area contributed by atoms with Crippen molar-refractivity contribution in [3.8, 4) is 0 Å². The monoisotopic (exact) mass is 414 g/mol. The minimum Gasteiger partial charge on any atom is -0.469 e. The minimum absolute atomic E-state index is 0.0851. The van der Waals surface area contributed by atoms with Crippen molar-refractivity contribution in [1.82, 2.24) is 0 Å². The third-order valence-electron chi connectivity index (χ3n) is 5.41. The zero-order valence-electron chi connectivity index (χ0n) is 14.1. The molecule has 10 nitrogen and oxygen atoms in total. The van der Waals surface area contributed by atoms with Crippen molar-refractivity contribution in [3.05, 3.63) is 0 Å². The van der Waals surface area contributed by atoms with Crippen molar-refractivity contribution >= 4 is 32.7 Å². The molecule has 26 heavy (non-hydrogen) atoms. The van der Waals surface area contributed by atoms with E-state index in [1.54, 1.807) is 0 Å². The Morgan fingerprint density at radius 1 is 1.04 bits per heavy atom. The Labute approximate surface area is 151 Å². The fraction of sp³-hybridized carbons (Fsp3) is 0.857. The summed E-state index contributed by atoms with van der Waals surface area (Å²) in [6, 6.07) is 0. The van der Waals surface area contributed by atoms with Crippen LogP contribution in [-0.4, -0.2) is 62.6 Å². The van der Waals surface area contributed by atoms with Gasteiger partial charge in [0, 0.05) is 0 Å².